The molecule has 38 heavy (non-hydrogen) atoms. The molecule has 0 heterocycles. The lowest BCUT2D eigenvalue weighted by Crippen LogP contribution is -2.54. The maximum atomic E-state index is 13.9. The summed E-state index contributed by atoms with van der Waals surface area (Å²) in [5, 5.41) is 3.71. The van der Waals surface area contributed by atoms with E-state index in [2.05, 4.69) is 5.32 Å². The lowest BCUT2D eigenvalue weighted by molar-refractivity contribution is -0.140. The molecule has 0 bridgehead atoms. The topological polar surface area (TPSA) is 86.8 Å². The van der Waals surface area contributed by atoms with Gasteiger partial charge >= 0.3 is 0 Å². The Morgan fingerprint density at radius 2 is 1.47 bits per heavy atom. The SMILES string of the molecule is C[C@H](C(=O)NC(C)(C)C)N(Cc1ccccc1Cl)C(=O)CN(c1ccccc1)S(=O)(=O)c1ccc(Cl)cc1. The molecule has 0 aliphatic rings. The molecule has 0 aromatic heterocycles. The van der Waals surface area contributed by atoms with Crippen molar-refractivity contribution in [1.82, 2.24) is 10.2 Å². The van der Waals surface area contributed by atoms with Crippen molar-refractivity contribution in [2.24, 2.45) is 0 Å². The van der Waals surface area contributed by atoms with E-state index in [9.17, 15) is 18.0 Å². The number of sulfonamides is 1. The van der Waals surface area contributed by atoms with Gasteiger partial charge in [-0.2, -0.15) is 0 Å². The van der Waals surface area contributed by atoms with Crippen molar-refractivity contribution in [3.8, 4) is 0 Å². The third-order valence-electron chi connectivity index (χ3n) is 5.69. The molecule has 3 rings (SSSR count). The molecule has 1 atom stereocenters. The average molecular weight is 577 g/mol. The van der Waals surface area contributed by atoms with Gasteiger partial charge in [0.15, 0.2) is 0 Å². The van der Waals surface area contributed by atoms with Gasteiger partial charge in [0, 0.05) is 22.1 Å². The number of hydrogen-bond donors (Lipinski definition) is 1. The minimum absolute atomic E-state index is 0.0147. The Kier molecular flexibility index (Phi) is 9.46. The molecule has 0 saturated heterocycles. The minimum atomic E-state index is -4.15. The van der Waals surface area contributed by atoms with E-state index in [0.29, 0.717) is 21.3 Å². The van der Waals surface area contributed by atoms with Crippen molar-refractivity contribution in [1.29, 1.82) is 0 Å². The largest absolute Gasteiger partial charge is 0.350 e. The fraction of sp³-hybridized carbons (Fsp3) is 0.286. The number of halogens is 2. The average Bonchev–Trinajstić information content (AvgIpc) is 2.86. The van der Waals surface area contributed by atoms with Crippen LogP contribution in [0.3, 0.4) is 0 Å². The van der Waals surface area contributed by atoms with Gasteiger partial charge in [-0.25, -0.2) is 8.42 Å². The molecule has 0 unspecified atom stereocenters. The predicted molar refractivity (Wildman–Crippen MR) is 152 cm³/mol. The van der Waals surface area contributed by atoms with Crippen LogP contribution < -0.4 is 9.62 Å². The minimum Gasteiger partial charge on any atom is -0.350 e. The first-order valence-electron chi connectivity index (χ1n) is 12.0. The molecule has 0 aliphatic carbocycles. The van der Waals surface area contributed by atoms with Gasteiger partial charge in [0.05, 0.1) is 10.6 Å². The van der Waals surface area contributed by atoms with Crippen LogP contribution in [0.25, 0.3) is 0 Å². The van der Waals surface area contributed by atoms with Gasteiger partial charge in [-0.3, -0.25) is 13.9 Å². The van der Waals surface area contributed by atoms with Gasteiger partial charge < -0.3 is 10.2 Å². The quantitative estimate of drug-likeness (QED) is 0.364. The van der Waals surface area contributed by atoms with Crippen molar-refractivity contribution in [2.45, 2.75) is 50.7 Å². The Morgan fingerprint density at radius 1 is 0.895 bits per heavy atom. The Hall–Kier alpha value is -3.07. The van der Waals surface area contributed by atoms with Crippen LogP contribution in [-0.2, 0) is 26.2 Å². The highest BCUT2D eigenvalue weighted by Gasteiger charge is 2.33. The molecule has 0 radical (unpaired) electrons. The fourth-order valence-electron chi connectivity index (χ4n) is 3.72. The summed E-state index contributed by atoms with van der Waals surface area (Å²) in [6.07, 6.45) is 0. The second kappa shape index (κ2) is 12.2. The highest BCUT2D eigenvalue weighted by molar-refractivity contribution is 7.92. The summed E-state index contributed by atoms with van der Waals surface area (Å²) >= 11 is 12.3. The summed E-state index contributed by atoms with van der Waals surface area (Å²) in [7, 11) is -4.15. The molecule has 3 aromatic rings. The number of carbonyl (C=O) groups excluding carboxylic acids is 2. The van der Waals surface area contributed by atoms with E-state index in [0.717, 1.165) is 4.31 Å². The Balaban J connectivity index is 2.02. The van der Waals surface area contributed by atoms with Crippen LogP contribution in [0, 0.1) is 0 Å². The van der Waals surface area contributed by atoms with E-state index in [1.165, 1.54) is 29.2 Å². The number of anilines is 1. The predicted octanol–water partition coefficient (Wildman–Crippen LogP) is 5.52. The molecular weight excluding hydrogens is 545 g/mol. The van der Waals surface area contributed by atoms with Crippen LogP contribution >= 0.6 is 23.2 Å². The van der Waals surface area contributed by atoms with Crippen LogP contribution in [0.2, 0.25) is 10.0 Å². The molecule has 10 heteroatoms. The van der Waals surface area contributed by atoms with Gasteiger partial charge in [-0.15, -0.1) is 0 Å². The highest BCUT2D eigenvalue weighted by atomic mass is 35.5. The van der Waals surface area contributed by atoms with Gasteiger partial charge in [-0.05, 0) is 75.7 Å². The Bertz CT molecular complexity index is 1380. The van der Waals surface area contributed by atoms with E-state index in [4.69, 9.17) is 23.2 Å². The molecule has 0 aliphatic heterocycles. The highest BCUT2D eigenvalue weighted by Crippen LogP contribution is 2.26. The molecular formula is C28H31Cl2N3O4S. The number of carbonyl (C=O) groups is 2. The molecule has 2 amide bonds. The lowest BCUT2D eigenvalue weighted by Gasteiger charge is -2.33. The number of para-hydroxylation sites is 1. The van der Waals surface area contributed by atoms with Gasteiger partial charge in [-0.1, -0.05) is 59.6 Å². The monoisotopic (exact) mass is 575 g/mol. The number of nitrogens with zero attached hydrogens (tertiary/aromatic N) is 2. The summed E-state index contributed by atoms with van der Waals surface area (Å²) in [5.41, 5.74) is 0.406. The second-order valence-electron chi connectivity index (χ2n) is 9.83. The molecule has 1 N–H and O–H groups in total. The number of nitrogens with one attached hydrogen (secondary N) is 1. The van der Waals surface area contributed by atoms with Crippen LogP contribution in [0.1, 0.15) is 33.3 Å². The Morgan fingerprint density at radius 3 is 2.05 bits per heavy atom. The van der Waals surface area contributed by atoms with Crippen LogP contribution in [0.5, 0.6) is 0 Å². The zero-order valence-corrected chi connectivity index (χ0v) is 24.0. The summed E-state index contributed by atoms with van der Waals surface area (Å²) in [6.45, 7) is 6.61. The van der Waals surface area contributed by atoms with Crippen molar-refractivity contribution < 1.29 is 18.0 Å². The number of amides is 2. The maximum absolute atomic E-state index is 13.9. The van der Waals surface area contributed by atoms with E-state index >= 15 is 0 Å². The third kappa shape index (κ3) is 7.49. The van der Waals surface area contributed by atoms with Crippen molar-refractivity contribution in [2.75, 3.05) is 10.8 Å². The fourth-order valence-corrected chi connectivity index (χ4v) is 5.46. The van der Waals surface area contributed by atoms with E-state index in [-0.39, 0.29) is 17.3 Å². The zero-order valence-electron chi connectivity index (χ0n) is 21.7. The number of benzene rings is 3. The van der Waals surface area contributed by atoms with Crippen LogP contribution in [-0.4, -0.2) is 43.3 Å². The normalized spacial score (nSPS) is 12.5. The third-order valence-corrected chi connectivity index (χ3v) is 8.10. The smallest absolute Gasteiger partial charge is 0.264 e. The van der Waals surface area contributed by atoms with E-state index in [1.807, 2.05) is 20.8 Å². The van der Waals surface area contributed by atoms with Gasteiger partial charge in [0.25, 0.3) is 10.0 Å². The second-order valence-corrected chi connectivity index (χ2v) is 12.5. The summed E-state index contributed by atoms with van der Waals surface area (Å²) < 4.78 is 28.5. The summed E-state index contributed by atoms with van der Waals surface area (Å²) in [4.78, 5) is 28.3. The van der Waals surface area contributed by atoms with E-state index in [1.54, 1.807) is 61.5 Å². The first-order valence-corrected chi connectivity index (χ1v) is 14.2. The Labute approximate surface area is 234 Å². The lowest BCUT2D eigenvalue weighted by atomic mass is 10.1. The molecule has 3 aromatic carbocycles. The van der Waals surface area contributed by atoms with Gasteiger partial charge in [0.1, 0.15) is 12.6 Å². The standard InChI is InChI=1S/C28H31Cl2N3O4S/c1-20(27(35)31-28(2,3)4)32(18-21-10-8-9-13-25(21)30)26(34)19-33(23-11-6-5-7-12-23)38(36,37)24-16-14-22(29)15-17-24/h5-17,20H,18-19H2,1-4H3,(H,31,35)/t20-/m1/s1. The van der Waals surface area contributed by atoms with E-state index < -0.39 is 34.1 Å². The molecule has 7 nitrogen and oxygen atoms in total. The first kappa shape index (κ1) is 29.5. The van der Waals surface area contributed by atoms with Crippen LogP contribution in [0.15, 0.2) is 83.8 Å². The molecule has 0 saturated carbocycles. The van der Waals surface area contributed by atoms with Crippen LogP contribution in [0.4, 0.5) is 5.69 Å². The molecule has 202 valence electrons. The van der Waals surface area contributed by atoms with Gasteiger partial charge in [0.2, 0.25) is 11.8 Å². The molecule has 0 spiro atoms. The zero-order chi connectivity index (χ0) is 28.1. The maximum Gasteiger partial charge on any atom is 0.264 e. The van der Waals surface area contributed by atoms with Crippen molar-refractivity contribution in [3.05, 3.63) is 94.5 Å². The number of hydrogen-bond acceptors (Lipinski definition) is 4. The molecule has 0 fully saturated rings. The van der Waals surface area contributed by atoms with Crippen molar-refractivity contribution >= 4 is 50.7 Å². The van der Waals surface area contributed by atoms with Crippen molar-refractivity contribution in [3.63, 3.8) is 0 Å². The summed E-state index contributed by atoms with van der Waals surface area (Å²) in [6, 6.07) is 20.2. The number of rotatable bonds is 9. The summed E-state index contributed by atoms with van der Waals surface area (Å²) in [5.74, 6) is -0.937. The first-order chi connectivity index (χ1) is 17.8.